The normalized spacial score (nSPS) is 20.4. The standard InChI is InChI=1S/C10H8F3NOS/c11-10(12,13)7-3-1-2-6(4-7)8-5-15-9(16)14-8/h1-4,8H,5H2,(H,14,16). The number of benzene rings is 1. The molecule has 0 radical (unpaired) electrons. The summed E-state index contributed by atoms with van der Waals surface area (Å²) in [6.07, 6.45) is -4.32. The summed E-state index contributed by atoms with van der Waals surface area (Å²) < 4.78 is 42.3. The van der Waals surface area contributed by atoms with E-state index in [4.69, 9.17) is 17.0 Å². The van der Waals surface area contributed by atoms with Crippen LogP contribution in [0.3, 0.4) is 0 Å². The smallest absolute Gasteiger partial charge is 0.416 e. The SMILES string of the molecule is FC(F)(F)c1cccc(C2COC(=S)N2)c1. The minimum atomic E-state index is -4.32. The lowest BCUT2D eigenvalue weighted by molar-refractivity contribution is -0.137. The van der Waals surface area contributed by atoms with E-state index in [1.807, 2.05) is 0 Å². The molecule has 0 spiro atoms. The van der Waals surface area contributed by atoms with E-state index in [9.17, 15) is 13.2 Å². The van der Waals surface area contributed by atoms with Crippen LogP contribution in [0.2, 0.25) is 0 Å². The number of thiocarbonyl (C=S) groups is 1. The van der Waals surface area contributed by atoms with Crippen LogP contribution in [0.5, 0.6) is 0 Å². The molecule has 0 aliphatic carbocycles. The third-order valence-electron chi connectivity index (χ3n) is 2.29. The fourth-order valence-corrected chi connectivity index (χ4v) is 1.71. The molecule has 0 bridgehead atoms. The first kappa shape index (κ1) is 11.2. The van der Waals surface area contributed by atoms with E-state index in [-0.39, 0.29) is 17.8 Å². The Kier molecular flexibility index (Phi) is 2.75. The van der Waals surface area contributed by atoms with Gasteiger partial charge in [-0.3, -0.25) is 0 Å². The van der Waals surface area contributed by atoms with E-state index < -0.39 is 11.7 Å². The Morgan fingerprint density at radius 1 is 1.38 bits per heavy atom. The highest BCUT2D eigenvalue weighted by Crippen LogP contribution is 2.31. The van der Waals surface area contributed by atoms with Gasteiger partial charge in [0.1, 0.15) is 6.61 Å². The lowest BCUT2D eigenvalue weighted by Crippen LogP contribution is -2.18. The molecular formula is C10H8F3NOS. The van der Waals surface area contributed by atoms with Crippen molar-refractivity contribution < 1.29 is 17.9 Å². The van der Waals surface area contributed by atoms with E-state index in [0.29, 0.717) is 5.56 Å². The van der Waals surface area contributed by atoms with Crippen LogP contribution >= 0.6 is 12.2 Å². The second-order valence-corrected chi connectivity index (χ2v) is 3.79. The number of ether oxygens (including phenoxy) is 1. The van der Waals surface area contributed by atoms with Gasteiger partial charge in [-0.25, -0.2) is 0 Å². The van der Waals surface area contributed by atoms with Crippen molar-refractivity contribution in [3.05, 3.63) is 35.4 Å². The Morgan fingerprint density at radius 3 is 2.69 bits per heavy atom. The van der Waals surface area contributed by atoms with Crippen molar-refractivity contribution in [2.24, 2.45) is 0 Å². The van der Waals surface area contributed by atoms with E-state index in [1.165, 1.54) is 6.07 Å². The quantitative estimate of drug-likeness (QED) is 0.771. The van der Waals surface area contributed by atoms with Crippen LogP contribution in [-0.4, -0.2) is 11.8 Å². The maximum atomic E-state index is 12.5. The number of hydrogen-bond acceptors (Lipinski definition) is 2. The van der Waals surface area contributed by atoms with Gasteiger partial charge in [0.2, 0.25) is 0 Å². The largest absolute Gasteiger partial charge is 0.468 e. The van der Waals surface area contributed by atoms with Gasteiger partial charge in [0.25, 0.3) is 5.17 Å². The zero-order valence-electron chi connectivity index (χ0n) is 8.04. The summed E-state index contributed by atoms with van der Waals surface area (Å²) in [6.45, 7) is 0.264. The van der Waals surface area contributed by atoms with Crippen molar-refractivity contribution in [1.29, 1.82) is 0 Å². The lowest BCUT2D eigenvalue weighted by Gasteiger charge is -2.11. The maximum Gasteiger partial charge on any atom is 0.416 e. The molecule has 0 amide bonds. The lowest BCUT2D eigenvalue weighted by atomic mass is 10.0. The molecule has 1 aromatic carbocycles. The van der Waals surface area contributed by atoms with Gasteiger partial charge in [0.05, 0.1) is 11.6 Å². The Morgan fingerprint density at radius 2 is 2.12 bits per heavy atom. The molecule has 1 heterocycles. The highest BCUT2D eigenvalue weighted by molar-refractivity contribution is 7.80. The molecule has 86 valence electrons. The monoisotopic (exact) mass is 247 g/mol. The van der Waals surface area contributed by atoms with Crippen LogP contribution in [0.25, 0.3) is 0 Å². The molecular weight excluding hydrogens is 239 g/mol. The molecule has 0 aromatic heterocycles. The first-order valence-corrected chi connectivity index (χ1v) is 4.98. The van der Waals surface area contributed by atoms with Crippen molar-refractivity contribution >= 4 is 17.4 Å². The Bertz CT molecular complexity index is 419. The van der Waals surface area contributed by atoms with Crippen molar-refractivity contribution in [1.82, 2.24) is 5.32 Å². The van der Waals surface area contributed by atoms with Crippen LogP contribution in [0.1, 0.15) is 17.2 Å². The number of rotatable bonds is 1. The van der Waals surface area contributed by atoms with Gasteiger partial charge in [-0.2, -0.15) is 13.2 Å². The van der Waals surface area contributed by atoms with Crippen LogP contribution in [0.15, 0.2) is 24.3 Å². The molecule has 16 heavy (non-hydrogen) atoms. The third kappa shape index (κ3) is 2.27. The summed E-state index contributed by atoms with van der Waals surface area (Å²) in [5, 5.41) is 3.02. The van der Waals surface area contributed by atoms with Crippen LogP contribution in [-0.2, 0) is 10.9 Å². The molecule has 1 N–H and O–H groups in total. The number of halogens is 3. The minimum absolute atomic E-state index is 0.224. The zero-order chi connectivity index (χ0) is 11.8. The average Bonchev–Trinajstić information content (AvgIpc) is 2.64. The van der Waals surface area contributed by atoms with Gasteiger partial charge in [-0.1, -0.05) is 12.1 Å². The van der Waals surface area contributed by atoms with Gasteiger partial charge in [-0.05, 0) is 29.9 Å². The predicted octanol–water partition coefficient (Wildman–Crippen LogP) is 2.65. The van der Waals surface area contributed by atoms with E-state index in [2.05, 4.69) is 5.32 Å². The summed E-state index contributed by atoms with van der Waals surface area (Å²) >= 11 is 4.75. The highest BCUT2D eigenvalue weighted by Gasteiger charge is 2.31. The molecule has 1 unspecified atom stereocenters. The summed E-state index contributed by atoms with van der Waals surface area (Å²) in [5.74, 6) is 0. The Balaban J connectivity index is 2.26. The van der Waals surface area contributed by atoms with Crippen molar-refractivity contribution in [3.63, 3.8) is 0 Å². The average molecular weight is 247 g/mol. The summed E-state index contributed by atoms with van der Waals surface area (Å²) in [6, 6.07) is 4.84. The highest BCUT2D eigenvalue weighted by atomic mass is 32.1. The second kappa shape index (κ2) is 3.93. The molecule has 1 aliphatic rings. The summed E-state index contributed by atoms with van der Waals surface area (Å²) in [5.41, 5.74) is -0.140. The fraction of sp³-hybridized carbons (Fsp3) is 0.300. The van der Waals surface area contributed by atoms with Gasteiger partial charge < -0.3 is 10.1 Å². The van der Waals surface area contributed by atoms with Gasteiger partial charge in [-0.15, -0.1) is 0 Å². The fourth-order valence-electron chi connectivity index (χ4n) is 1.50. The first-order valence-electron chi connectivity index (χ1n) is 4.57. The molecule has 1 saturated heterocycles. The molecule has 1 aromatic rings. The molecule has 1 atom stereocenters. The summed E-state index contributed by atoms with van der Waals surface area (Å²) in [4.78, 5) is 0. The van der Waals surface area contributed by atoms with Gasteiger partial charge in [0.15, 0.2) is 0 Å². The Labute approximate surface area is 95.4 Å². The summed E-state index contributed by atoms with van der Waals surface area (Å²) in [7, 11) is 0. The molecule has 1 fully saturated rings. The van der Waals surface area contributed by atoms with E-state index in [1.54, 1.807) is 6.07 Å². The number of alkyl halides is 3. The van der Waals surface area contributed by atoms with Crippen molar-refractivity contribution in [2.45, 2.75) is 12.2 Å². The predicted molar refractivity (Wildman–Crippen MR) is 55.9 cm³/mol. The van der Waals surface area contributed by atoms with Gasteiger partial charge in [0, 0.05) is 0 Å². The van der Waals surface area contributed by atoms with Gasteiger partial charge >= 0.3 is 6.18 Å². The van der Waals surface area contributed by atoms with Crippen LogP contribution in [0.4, 0.5) is 13.2 Å². The zero-order valence-corrected chi connectivity index (χ0v) is 8.86. The maximum absolute atomic E-state index is 12.5. The molecule has 6 heteroatoms. The number of nitrogens with one attached hydrogen (secondary N) is 1. The van der Waals surface area contributed by atoms with E-state index in [0.717, 1.165) is 12.1 Å². The van der Waals surface area contributed by atoms with Crippen molar-refractivity contribution in [2.75, 3.05) is 6.61 Å². The molecule has 1 aliphatic heterocycles. The van der Waals surface area contributed by atoms with Crippen LogP contribution < -0.4 is 5.32 Å². The Hall–Kier alpha value is -1.30. The topological polar surface area (TPSA) is 21.3 Å². The first-order chi connectivity index (χ1) is 7.47. The van der Waals surface area contributed by atoms with Crippen LogP contribution in [0, 0.1) is 0 Å². The van der Waals surface area contributed by atoms with E-state index >= 15 is 0 Å². The molecule has 0 saturated carbocycles. The van der Waals surface area contributed by atoms with Crippen molar-refractivity contribution in [3.8, 4) is 0 Å². The number of hydrogen-bond donors (Lipinski definition) is 1. The second-order valence-electron chi connectivity index (χ2n) is 3.42. The third-order valence-corrected chi connectivity index (χ3v) is 2.53. The minimum Gasteiger partial charge on any atom is -0.468 e. The molecule has 2 rings (SSSR count). The molecule has 2 nitrogen and oxygen atoms in total.